The summed E-state index contributed by atoms with van der Waals surface area (Å²) in [5, 5.41) is 1.34. The van der Waals surface area contributed by atoms with E-state index in [4.69, 9.17) is 14.3 Å². The smallest absolute Gasteiger partial charge is 0.454 e. The maximum atomic E-state index is 12.2. The number of carbonyl (C=O) groups is 2. The number of cyclic esters (lactones) is 1. The number of morpholine rings is 1. The molecular weight excluding hydrogens is 346 g/mol. The highest BCUT2D eigenvalue weighted by molar-refractivity contribution is 5.73. The zero-order valence-electron chi connectivity index (χ0n) is 15.6. The van der Waals surface area contributed by atoms with Gasteiger partial charge in [-0.2, -0.15) is 0 Å². The van der Waals surface area contributed by atoms with Gasteiger partial charge in [0, 0.05) is 0 Å². The molecule has 27 heavy (non-hydrogen) atoms. The van der Waals surface area contributed by atoms with Crippen molar-refractivity contribution in [2.75, 3.05) is 6.54 Å². The Hall–Kier alpha value is -2.86. The number of benzene rings is 2. The Morgan fingerprint density at radius 3 is 2.11 bits per heavy atom. The van der Waals surface area contributed by atoms with Gasteiger partial charge in [-0.1, -0.05) is 60.7 Å². The summed E-state index contributed by atoms with van der Waals surface area (Å²) in [6, 6.07) is 18.4. The molecule has 0 spiro atoms. The van der Waals surface area contributed by atoms with E-state index in [1.807, 2.05) is 60.7 Å². The van der Waals surface area contributed by atoms with E-state index in [1.54, 1.807) is 20.8 Å². The van der Waals surface area contributed by atoms with Crippen LogP contribution >= 0.6 is 0 Å². The van der Waals surface area contributed by atoms with Gasteiger partial charge in [-0.3, -0.25) is 4.79 Å². The Kier molecular flexibility index (Phi) is 5.46. The maximum absolute atomic E-state index is 12.2. The molecule has 3 rings (SSSR count). The third-order valence-corrected chi connectivity index (χ3v) is 3.99. The van der Waals surface area contributed by atoms with E-state index >= 15 is 0 Å². The van der Waals surface area contributed by atoms with Crippen molar-refractivity contribution in [3.05, 3.63) is 71.8 Å². The van der Waals surface area contributed by atoms with E-state index in [1.165, 1.54) is 5.06 Å². The third kappa shape index (κ3) is 4.86. The van der Waals surface area contributed by atoms with Crippen LogP contribution in [0.25, 0.3) is 0 Å². The van der Waals surface area contributed by atoms with Crippen LogP contribution in [0, 0.1) is 0 Å². The molecule has 0 aromatic heterocycles. The third-order valence-electron chi connectivity index (χ3n) is 3.99. The van der Waals surface area contributed by atoms with Crippen molar-refractivity contribution in [3.63, 3.8) is 0 Å². The summed E-state index contributed by atoms with van der Waals surface area (Å²) < 4.78 is 10.9. The highest BCUT2D eigenvalue weighted by atomic mass is 16.8. The second-order valence-corrected chi connectivity index (χ2v) is 7.31. The topological polar surface area (TPSA) is 65.1 Å². The second-order valence-electron chi connectivity index (χ2n) is 7.31. The predicted molar refractivity (Wildman–Crippen MR) is 98.5 cm³/mol. The lowest BCUT2D eigenvalue weighted by Gasteiger charge is -2.39. The quantitative estimate of drug-likeness (QED) is 0.756. The van der Waals surface area contributed by atoms with Crippen molar-refractivity contribution in [2.24, 2.45) is 0 Å². The average molecular weight is 369 g/mol. The first kappa shape index (κ1) is 18.9. The van der Waals surface area contributed by atoms with Crippen molar-refractivity contribution in [3.8, 4) is 0 Å². The molecule has 2 atom stereocenters. The van der Waals surface area contributed by atoms with Crippen LogP contribution in [0.3, 0.4) is 0 Å². The minimum absolute atomic E-state index is 0.178. The summed E-state index contributed by atoms with van der Waals surface area (Å²) in [6.45, 7) is 5.07. The van der Waals surface area contributed by atoms with E-state index in [9.17, 15) is 9.59 Å². The van der Waals surface area contributed by atoms with Crippen LogP contribution in [0.4, 0.5) is 4.79 Å². The number of nitrogens with zero attached hydrogens (tertiary/aromatic N) is 1. The fourth-order valence-electron chi connectivity index (χ4n) is 2.96. The molecule has 0 radical (unpaired) electrons. The molecule has 0 aliphatic carbocycles. The van der Waals surface area contributed by atoms with Crippen molar-refractivity contribution < 1.29 is 23.9 Å². The lowest BCUT2D eigenvalue weighted by Crippen LogP contribution is -2.45. The predicted octanol–water partition coefficient (Wildman–Crippen LogP) is 4.19. The molecule has 0 unspecified atom stereocenters. The Morgan fingerprint density at radius 1 is 1.00 bits per heavy atom. The highest BCUT2D eigenvalue weighted by Crippen LogP contribution is 2.40. The van der Waals surface area contributed by atoms with Crippen LogP contribution in [0.5, 0.6) is 0 Å². The molecule has 0 saturated carbocycles. The Balaban J connectivity index is 1.94. The molecule has 0 bridgehead atoms. The number of rotatable bonds is 3. The summed E-state index contributed by atoms with van der Waals surface area (Å²) in [7, 11) is 0. The van der Waals surface area contributed by atoms with Gasteiger partial charge in [-0.15, -0.1) is 5.06 Å². The largest absolute Gasteiger partial charge is 0.528 e. The molecule has 1 heterocycles. The minimum atomic E-state index is -0.857. The van der Waals surface area contributed by atoms with Crippen LogP contribution in [0.15, 0.2) is 60.7 Å². The molecule has 1 fully saturated rings. The van der Waals surface area contributed by atoms with Gasteiger partial charge in [0.25, 0.3) is 0 Å². The van der Waals surface area contributed by atoms with Gasteiger partial charge in [0.05, 0.1) is 0 Å². The van der Waals surface area contributed by atoms with Crippen LogP contribution in [0.2, 0.25) is 0 Å². The Labute approximate surface area is 158 Å². The molecule has 2 aromatic carbocycles. The minimum Gasteiger partial charge on any atom is -0.454 e. The van der Waals surface area contributed by atoms with Gasteiger partial charge in [-0.05, 0) is 31.9 Å². The van der Waals surface area contributed by atoms with Gasteiger partial charge in [-0.25, -0.2) is 4.79 Å². The summed E-state index contributed by atoms with van der Waals surface area (Å²) in [6.07, 6.45) is -1.47. The number of carbonyl (C=O) groups excluding carboxylic acids is 2. The zero-order chi connectivity index (χ0) is 19.4. The molecule has 6 heteroatoms. The lowest BCUT2D eigenvalue weighted by atomic mass is 9.94. The summed E-state index contributed by atoms with van der Waals surface area (Å²) in [5.74, 6) is -0.473. The number of ether oxygens (including phenoxy) is 2. The number of hydrogen-bond acceptors (Lipinski definition) is 6. The average Bonchev–Trinajstić information content (AvgIpc) is 2.61. The molecule has 142 valence electrons. The molecule has 0 amide bonds. The highest BCUT2D eigenvalue weighted by Gasteiger charge is 2.42. The molecule has 1 saturated heterocycles. The summed E-state index contributed by atoms with van der Waals surface area (Å²) in [5.41, 5.74) is 0.980. The molecule has 6 nitrogen and oxygen atoms in total. The van der Waals surface area contributed by atoms with Crippen molar-refractivity contribution in [2.45, 2.75) is 38.5 Å². The van der Waals surface area contributed by atoms with Gasteiger partial charge < -0.3 is 14.3 Å². The van der Waals surface area contributed by atoms with Gasteiger partial charge in [0.1, 0.15) is 24.3 Å². The number of hydroxylamine groups is 2. The van der Waals surface area contributed by atoms with Gasteiger partial charge >= 0.3 is 12.1 Å². The van der Waals surface area contributed by atoms with Crippen LogP contribution in [-0.4, -0.2) is 29.3 Å². The first-order chi connectivity index (χ1) is 12.8. The van der Waals surface area contributed by atoms with Crippen LogP contribution < -0.4 is 0 Å². The maximum Gasteiger partial charge on any atom is 0.528 e. The van der Waals surface area contributed by atoms with Crippen molar-refractivity contribution in [1.29, 1.82) is 0 Å². The monoisotopic (exact) mass is 369 g/mol. The van der Waals surface area contributed by atoms with Gasteiger partial charge in [0.15, 0.2) is 0 Å². The Morgan fingerprint density at radius 2 is 1.56 bits per heavy atom. The Bertz CT molecular complexity index is 785. The molecule has 0 N–H and O–H groups in total. The lowest BCUT2D eigenvalue weighted by molar-refractivity contribution is -0.226. The van der Waals surface area contributed by atoms with E-state index in [-0.39, 0.29) is 6.54 Å². The van der Waals surface area contributed by atoms with Crippen LogP contribution in [0.1, 0.15) is 44.0 Å². The number of esters is 1. The summed E-state index contributed by atoms with van der Waals surface area (Å²) >= 11 is 0. The molecular formula is C21H23NO5. The zero-order valence-corrected chi connectivity index (χ0v) is 15.6. The second kappa shape index (κ2) is 7.80. The fourth-order valence-corrected chi connectivity index (χ4v) is 2.96. The first-order valence-corrected chi connectivity index (χ1v) is 8.80. The van der Waals surface area contributed by atoms with E-state index in [2.05, 4.69) is 0 Å². The number of hydrogen-bond donors (Lipinski definition) is 0. The SMILES string of the molecule is CC(C)(C)OC(=O)ON1CC(=O)O[C@H](c2ccccc2)[C@@H]1c1ccccc1. The van der Waals surface area contributed by atoms with Crippen LogP contribution in [-0.2, 0) is 19.1 Å². The van der Waals surface area contributed by atoms with Gasteiger partial charge in [0.2, 0.25) is 0 Å². The first-order valence-electron chi connectivity index (χ1n) is 8.80. The summed E-state index contributed by atoms with van der Waals surface area (Å²) in [4.78, 5) is 29.8. The van der Waals surface area contributed by atoms with Crippen molar-refractivity contribution >= 4 is 12.1 Å². The van der Waals surface area contributed by atoms with E-state index < -0.39 is 29.9 Å². The molecule has 2 aromatic rings. The normalized spacial score (nSPS) is 20.6. The standard InChI is InChI=1S/C21H23NO5/c1-21(2,3)26-20(24)27-22-14-17(23)25-19(16-12-8-5-9-13-16)18(22)15-10-6-4-7-11-15/h4-13,18-19H,14H2,1-3H3/t18-,19+/m0/s1. The van der Waals surface area contributed by atoms with E-state index in [0.717, 1.165) is 11.1 Å². The molecule has 1 aliphatic heterocycles. The van der Waals surface area contributed by atoms with E-state index in [0.29, 0.717) is 0 Å². The van der Waals surface area contributed by atoms with Crippen molar-refractivity contribution in [1.82, 2.24) is 5.06 Å². The molecule has 1 aliphatic rings. The fraction of sp³-hybridized carbons (Fsp3) is 0.333.